The molecule has 6 nitrogen and oxygen atoms in total. The molecule has 3 aromatic rings. The minimum atomic E-state index is -4.17. The molecule has 0 fully saturated rings. The zero-order chi connectivity index (χ0) is 20.9. The van der Waals surface area contributed by atoms with Crippen LogP contribution in [0.3, 0.4) is 0 Å². The summed E-state index contributed by atoms with van der Waals surface area (Å²) >= 11 is 0. The highest BCUT2D eigenvalue weighted by Gasteiger charge is 2.17. The highest BCUT2D eigenvalue weighted by Crippen LogP contribution is 2.17. The summed E-state index contributed by atoms with van der Waals surface area (Å²) in [6.45, 7) is -0.229. The third kappa shape index (κ3) is 5.76. The molecule has 0 bridgehead atoms. The number of rotatable bonds is 7. The SMILES string of the molecule is O=C(NS(=O)(=O)Nc1ccccc1)c1ccc(F)c(COc2ccc(F)cc2)c1. The van der Waals surface area contributed by atoms with Crippen LogP contribution in [0.2, 0.25) is 0 Å². The van der Waals surface area contributed by atoms with E-state index in [-0.39, 0.29) is 23.4 Å². The van der Waals surface area contributed by atoms with E-state index in [1.807, 2.05) is 4.72 Å². The van der Waals surface area contributed by atoms with Crippen LogP contribution >= 0.6 is 0 Å². The number of anilines is 1. The van der Waals surface area contributed by atoms with E-state index in [0.29, 0.717) is 5.75 Å². The summed E-state index contributed by atoms with van der Waals surface area (Å²) in [6, 6.07) is 16.5. The van der Waals surface area contributed by atoms with Gasteiger partial charge in [-0.1, -0.05) is 18.2 Å². The van der Waals surface area contributed by atoms with Crippen molar-refractivity contribution in [3.63, 3.8) is 0 Å². The van der Waals surface area contributed by atoms with Gasteiger partial charge in [-0.05, 0) is 54.6 Å². The van der Waals surface area contributed by atoms with E-state index in [2.05, 4.69) is 4.72 Å². The average molecular weight is 418 g/mol. The maximum Gasteiger partial charge on any atom is 0.323 e. The number of hydrogen-bond acceptors (Lipinski definition) is 4. The smallest absolute Gasteiger partial charge is 0.323 e. The van der Waals surface area contributed by atoms with Crippen LogP contribution in [-0.2, 0) is 16.8 Å². The second-order valence-electron chi connectivity index (χ2n) is 5.95. The molecule has 0 aliphatic rings. The van der Waals surface area contributed by atoms with Crippen LogP contribution in [0.4, 0.5) is 14.5 Å². The minimum Gasteiger partial charge on any atom is -0.489 e. The first-order valence-corrected chi connectivity index (χ1v) is 9.87. The molecule has 0 aromatic heterocycles. The molecular weight excluding hydrogens is 402 g/mol. The molecule has 0 spiro atoms. The number of carbonyl (C=O) groups is 1. The summed E-state index contributed by atoms with van der Waals surface area (Å²) in [4.78, 5) is 12.3. The lowest BCUT2D eigenvalue weighted by Gasteiger charge is -2.11. The van der Waals surface area contributed by atoms with Gasteiger partial charge in [0.05, 0.1) is 5.69 Å². The monoisotopic (exact) mass is 418 g/mol. The Morgan fingerprint density at radius 1 is 0.931 bits per heavy atom. The molecule has 2 N–H and O–H groups in total. The largest absolute Gasteiger partial charge is 0.489 e. The average Bonchev–Trinajstić information content (AvgIpc) is 2.68. The van der Waals surface area contributed by atoms with Gasteiger partial charge in [0.25, 0.3) is 5.91 Å². The van der Waals surface area contributed by atoms with Gasteiger partial charge in [-0.2, -0.15) is 8.42 Å². The van der Waals surface area contributed by atoms with Crippen LogP contribution in [0.25, 0.3) is 0 Å². The van der Waals surface area contributed by atoms with Gasteiger partial charge in [0.1, 0.15) is 24.0 Å². The van der Waals surface area contributed by atoms with Crippen molar-refractivity contribution in [1.82, 2.24) is 4.72 Å². The van der Waals surface area contributed by atoms with Crippen molar-refractivity contribution >= 4 is 21.8 Å². The van der Waals surface area contributed by atoms with Crippen LogP contribution in [0.1, 0.15) is 15.9 Å². The molecule has 3 aromatic carbocycles. The fourth-order valence-electron chi connectivity index (χ4n) is 2.39. The van der Waals surface area contributed by atoms with E-state index in [0.717, 1.165) is 12.1 Å². The van der Waals surface area contributed by atoms with Crippen molar-refractivity contribution in [2.24, 2.45) is 0 Å². The van der Waals surface area contributed by atoms with Crippen molar-refractivity contribution in [2.45, 2.75) is 6.61 Å². The first-order valence-electron chi connectivity index (χ1n) is 8.39. The Morgan fingerprint density at radius 3 is 2.31 bits per heavy atom. The third-order valence-electron chi connectivity index (χ3n) is 3.77. The lowest BCUT2D eigenvalue weighted by molar-refractivity contribution is 0.0981. The van der Waals surface area contributed by atoms with E-state index in [4.69, 9.17) is 4.74 Å². The zero-order valence-corrected chi connectivity index (χ0v) is 15.7. The summed E-state index contributed by atoms with van der Waals surface area (Å²) in [6.07, 6.45) is 0. The molecule has 9 heteroatoms. The quantitative estimate of drug-likeness (QED) is 0.614. The Kier molecular flexibility index (Phi) is 6.08. The standard InChI is InChI=1S/C20H16F2N2O4S/c21-16-7-9-18(10-8-16)28-13-15-12-14(6-11-19(15)22)20(25)24-29(26,27)23-17-4-2-1-3-5-17/h1-12,23H,13H2,(H,24,25). The molecule has 0 unspecified atom stereocenters. The van der Waals surface area contributed by atoms with E-state index < -0.39 is 27.8 Å². The Hall–Kier alpha value is -3.46. The van der Waals surface area contributed by atoms with Gasteiger partial charge >= 0.3 is 10.2 Å². The Bertz CT molecular complexity index is 1110. The van der Waals surface area contributed by atoms with E-state index in [9.17, 15) is 22.0 Å². The van der Waals surface area contributed by atoms with Gasteiger partial charge in [-0.25, -0.2) is 13.5 Å². The predicted octanol–water partition coefficient (Wildman–Crippen LogP) is 3.63. The Balaban J connectivity index is 1.69. The molecule has 0 aliphatic carbocycles. The first kappa shape index (κ1) is 20.3. The predicted molar refractivity (Wildman–Crippen MR) is 104 cm³/mol. The molecular formula is C20H16F2N2O4S. The molecule has 1 amide bonds. The van der Waals surface area contributed by atoms with Gasteiger partial charge in [-0.3, -0.25) is 9.52 Å². The maximum absolute atomic E-state index is 14.0. The fourth-order valence-corrected chi connectivity index (χ4v) is 3.25. The number of carbonyl (C=O) groups excluding carboxylic acids is 1. The molecule has 0 aliphatic heterocycles. The summed E-state index contributed by atoms with van der Waals surface area (Å²) < 4.78 is 60.6. The number of hydrogen-bond donors (Lipinski definition) is 2. The first-order chi connectivity index (χ1) is 13.8. The molecule has 3 rings (SSSR count). The van der Waals surface area contributed by atoms with E-state index >= 15 is 0 Å². The molecule has 0 radical (unpaired) electrons. The summed E-state index contributed by atoms with van der Waals surface area (Å²) in [5, 5.41) is 0. The number of ether oxygens (including phenoxy) is 1. The zero-order valence-electron chi connectivity index (χ0n) is 14.9. The fraction of sp³-hybridized carbons (Fsp3) is 0.0500. The van der Waals surface area contributed by atoms with E-state index in [1.165, 1.54) is 42.5 Å². The summed E-state index contributed by atoms with van der Waals surface area (Å²) in [7, 11) is -4.17. The van der Waals surface area contributed by atoms with Crippen molar-refractivity contribution in [3.05, 3.63) is 95.6 Å². The number of nitrogens with one attached hydrogen (secondary N) is 2. The Morgan fingerprint density at radius 2 is 1.62 bits per heavy atom. The number of benzene rings is 3. The Labute approximate surface area is 166 Å². The second-order valence-corrected chi connectivity index (χ2v) is 7.37. The number of halogens is 2. The second kappa shape index (κ2) is 8.70. The van der Waals surface area contributed by atoms with Crippen LogP contribution in [0.15, 0.2) is 72.8 Å². The molecule has 0 heterocycles. The van der Waals surface area contributed by atoms with Gasteiger partial charge < -0.3 is 4.74 Å². The topological polar surface area (TPSA) is 84.5 Å². The summed E-state index contributed by atoms with van der Waals surface area (Å²) in [5.41, 5.74) is 0.248. The maximum atomic E-state index is 14.0. The molecule has 29 heavy (non-hydrogen) atoms. The van der Waals surface area contributed by atoms with Crippen molar-refractivity contribution in [3.8, 4) is 5.75 Å². The molecule has 0 saturated carbocycles. The lowest BCUT2D eigenvalue weighted by Crippen LogP contribution is -2.35. The molecule has 0 saturated heterocycles. The van der Waals surface area contributed by atoms with Crippen LogP contribution in [-0.4, -0.2) is 14.3 Å². The third-order valence-corrected chi connectivity index (χ3v) is 4.73. The lowest BCUT2D eigenvalue weighted by atomic mass is 10.1. The van der Waals surface area contributed by atoms with Crippen LogP contribution < -0.4 is 14.2 Å². The van der Waals surface area contributed by atoms with Crippen LogP contribution in [0, 0.1) is 11.6 Å². The normalized spacial score (nSPS) is 11.0. The van der Waals surface area contributed by atoms with Crippen molar-refractivity contribution < 1.29 is 26.7 Å². The van der Waals surface area contributed by atoms with E-state index in [1.54, 1.807) is 18.2 Å². The number of amides is 1. The number of para-hydroxylation sites is 1. The van der Waals surface area contributed by atoms with Gasteiger partial charge in [0, 0.05) is 11.1 Å². The molecule has 150 valence electrons. The van der Waals surface area contributed by atoms with Crippen LogP contribution in [0.5, 0.6) is 5.75 Å². The molecule has 0 atom stereocenters. The summed E-state index contributed by atoms with van der Waals surface area (Å²) in [5.74, 6) is -1.69. The van der Waals surface area contributed by atoms with Crippen molar-refractivity contribution in [2.75, 3.05) is 4.72 Å². The van der Waals surface area contributed by atoms with Crippen molar-refractivity contribution in [1.29, 1.82) is 0 Å². The van der Waals surface area contributed by atoms with Gasteiger partial charge in [0.2, 0.25) is 0 Å². The van der Waals surface area contributed by atoms with Gasteiger partial charge in [0.15, 0.2) is 0 Å². The van der Waals surface area contributed by atoms with Gasteiger partial charge in [-0.15, -0.1) is 0 Å². The highest BCUT2D eigenvalue weighted by molar-refractivity contribution is 7.91. The minimum absolute atomic E-state index is 0.0374. The highest BCUT2D eigenvalue weighted by atomic mass is 32.2.